The summed E-state index contributed by atoms with van der Waals surface area (Å²) in [6.07, 6.45) is 2.58. The number of phenolic OH excluding ortho intramolecular Hbond substituents is 1. The first-order chi connectivity index (χ1) is 30.7. The van der Waals surface area contributed by atoms with Crippen molar-refractivity contribution in [1.82, 2.24) is 30.1 Å². The number of rotatable bonds is 8. The molecule has 2 saturated heterocycles. The van der Waals surface area contributed by atoms with Crippen LogP contribution in [0.4, 0.5) is 0 Å². The first-order valence-corrected chi connectivity index (χ1v) is 22.8. The van der Waals surface area contributed by atoms with Gasteiger partial charge >= 0.3 is 5.97 Å². The third-order valence-electron chi connectivity index (χ3n) is 13.3. The van der Waals surface area contributed by atoms with Crippen molar-refractivity contribution in [2.75, 3.05) is 33.3 Å². The van der Waals surface area contributed by atoms with E-state index in [0.29, 0.717) is 36.9 Å². The van der Waals surface area contributed by atoms with Gasteiger partial charge in [-0.2, -0.15) is 0 Å². The molecule has 4 amide bonds. The molecule has 3 aliphatic heterocycles. The maximum Gasteiger partial charge on any atom is 0.324 e. The highest BCUT2D eigenvalue weighted by atomic mass is 16.5. The van der Waals surface area contributed by atoms with E-state index in [-0.39, 0.29) is 44.8 Å². The van der Waals surface area contributed by atoms with E-state index in [2.05, 4.69) is 86.8 Å². The van der Waals surface area contributed by atoms with Gasteiger partial charge in [-0.1, -0.05) is 64.6 Å². The van der Waals surface area contributed by atoms with E-state index in [1.165, 1.54) is 21.9 Å². The van der Waals surface area contributed by atoms with Gasteiger partial charge in [0.05, 0.1) is 18.8 Å². The maximum absolute atomic E-state index is 14.7. The third kappa shape index (κ3) is 9.42. The van der Waals surface area contributed by atoms with Crippen molar-refractivity contribution in [1.29, 1.82) is 0 Å². The van der Waals surface area contributed by atoms with E-state index in [1.54, 1.807) is 26.0 Å². The Labute approximate surface area is 381 Å². The van der Waals surface area contributed by atoms with Crippen LogP contribution < -0.4 is 10.7 Å². The minimum absolute atomic E-state index is 0.0168. The number of benzene rings is 3. The molecule has 14 heteroatoms. The monoisotopic (exact) mass is 888 g/mol. The standard InChI is InChI=1S/C51H64N6O8/c1-10-42(59)55-21-19-51(64,28-55)49(63)54(9)44(30(3)4)46(60)52-40-24-33-22-35(25-36(58)23-33)34-17-18-41-37(26-34)38(45(56(41)11-2)43-31(5)14-12-15-32(43)6)27-50(7,8)29-65-48(62)39-16-13-20-57(53-39)47(40)61/h10,12,14-15,17-18,22-23,25-26,30,39-40,44,53,58,64H,1,11,13,16,19-21,24,27-29H2,2-9H3,(H,52,60)/t39-,40-,44-,51?/m0/s1. The summed E-state index contributed by atoms with van der Waals surface area (Å²) in [6.45, 7) is 18.6. The number of aliphatic hydroxyl groups is 1. The lowest BCUT2D eigenvalue weighted by Gasteiger charge is -2.37. The third-order valence-corrected chi connectivity index (χ3v) is 13.3. The molecule has 1 aromatic heterocycles. The number of ether oxygens (including phenoxy) is 1. The van der Waals surface area contributed by atoms with Crippen LogP contribution in [0.5, 0.6) is 5.75 Å². The number of aromatic nitrogens is 1. The van der Waals surface area contributed by atoms with E-state index in [0.717, 1.165) is 50.5 Å². The lowest BCUT2D eigenvalue weighted by Crippen LogP contribution is -2.63. The van der Waals surface area contributed by atoms with Crippen molar-refractivity contribution in [2.24, 2.45) is 11.3 Å². The van der Waals surface area contributed by atoms with Crippen molar-refractivity contribution >= 4 is 40.5 Å². The first-order valence-electron chi connectivity index (χ1n) is 22.8. The molecular formula is C51H64N6O8. The largest absolute Gasteiger partial charge is 0.508 e. The van der Waals surface area contributed by atoms with Crippen molar-refractivity contribution < 1.29 is 38.9 Å². The molecule has 0 radical (unpaired) electrons. The van der Waals surface area contributed by atoms with Crippen LogP contribution >= 0.6 is 0 Å². The van der Waals surface area contributed by atoms with Crippen LogP contribution in [0, 0.1) is 25.2 Å². The predicted molar refractivity (Wildman–Crippen MR) is 249 cm³/mol. The number of nitrogens with one attached hydrogen (secondary N) is 2. The van der Waals surface area contributed by atoms with Gasteiger partial charge in [-0.3, -0.25) is 29.0 Å². The van der Waals surface area contributed by atoms with E-state index >= 15 is 0 Å². The molecular weight excluding hydrogens is 825 g/mol. The number of fused-ring (bicyclic) bond motifs is 6. The van der Waals surface area contributed by atoms with Gasteiger partial charge in [-0.25, -0.2) is 5.43 Å². The van der Waals surface area contributed by atoms with Gasteiger partial charge in [0.25, 0.3) is 11.8 Å². The van der Waals surface area contributed by atoms with Crippen LogP contribution in [-0.4, -0.2) is 116 Å². The molecule has 2 fully saturated rings. The minimum atomic E-state index is -1.92. The number of likely N-dealkylation sites (N-methyl/N-ethyl adjacent to an activating group) is 1. The number of esters is 1. The summed E-state index contributed by atoms with van der Waals surface area (Å²) in [6, 6.07) is 14.6. The fraction of sp³-hybridized carbons (Fsp3) is 0.471. The summed E-state index contributed by atoms with van der Waals surface area (Å²) < 4.78 is 8.44. The second kappa shape index (κ2) is 18.5. The Hall–Kier alpha value is -5.99. The SMILES string of the molecule is C=CC(=O)N1CCC(O)(C(=O)N(C)[C@H](C(=O)N[C@H]2Cc3cc(O)cc(c3)-c3ccc4c(c3)c(c(-c3c(C)cccc3C)n4CC)CC(C)(C)COC(=O)[C@@H]3CCCN(N3)C2=O)C(C)C)C1. The number of aromatic hydroxyl groups is 1. The molecule has 1 unspecified atom stereocenters. The summed E-state index contributed by atoms with van der Waals surface area (Å²) >= 11 is 0. The second-order valence-electron chi connectivity index (χ2n) is 19.3. The number of nitrogens with zero attached hydrogens (tertiary/aromatic N) is 4. The van der Waals surface area contributed by atoms with E-state index in [4.69, 9.17) is 4.74 Å². The number of β-amino-alcohol motifs (C(OH)–C–C–N with tert-alkyl or cyclic N) is 1. The number of amides is 4. The molecule has 65 heavy (non-hydrogen) atoms. The normalized spacial score (nSPS) is 21.8. The van der Waals surface area contributed by atoms with Crippen LogP contribution in [0.15, 0.2) is 67.3 Å². The predicted octanol–water partition coefficient (Wildman–Crippen LogP) is 5.60. The number of hydrogen-bond donors (Lipinski definition) is 4. The van der Waals surface area contributed by atoms with Crippen molar-refractivity contribution in [3.05, 3.63) is 89.5 Å². The zero-order valence-electron chi connectivity index (χ0n) is 39.0. The minimum Gasteiger partial charge on any atom is -0.508 e. The van der Waals surface area contributed by atoms with Crippen LogP contribution in [0.3, 0.4) is 0 Å². The molecule has 346 valence electrons. The maximum atomic E-state index is 14.7. The molecule has 4 N–H and O–H groups in total. The fourth-order valence-electron chi connectivity index (χ4n) is 10.1. The molecule has 14 nitrogen and oxygen atoms in total. The summed E-state index contributed by atoms with van der Waals surface area (Å²) in [5, 5.41) is 28.1. The number of carbonyl (C=O) groups excluding carboxylic acids is 5. The molecule has 0 spiro atoms. The molecule has 4 atom stereocenters. The Balaban J connectivity index is 1.31. The Morgan fingerprint density at radius 3 is 2.45 bits per heavy atom. The zero-order chi connectivity index (χ0) is 47.1. The van der Waals surface area contributed by atoms with Gasteiger partial charge in [-0.05, 0) is 110 Å². The lowest BCUT2D eigenvalue weighted by molar-refractivity contribution is -0.156. The van der Waals surface area contributed by atoms with Gasteiger partial charge in [0.15, 0.2) is 5.60 Å². The number of hydrogen-bond acceptors (Lipinski definition) is 9. The summed E-state index contributed by atoms with van der Waals surface area (Å²) in [5.41, 5.74) is 9.57. The highest BCUT2D eigenvalue weighted by Crippen LogP contribution is 2.42. The molecule has 3 aliphatic rings. The number of hydrazine groups is 1. The van der Waals surface area contributed by atoms with E-state index in [1.807, 2.05) is 12.1 Å². The molecule has 0 saturated carbocycles. The quantitative estimate of drug-likeness (QED) is 0.130. The lowest BCUT2D eigenvalue weighted by atomic mass is 9.83. The summed E-state index contributed by atoms with van der Waals surface area (Å²) in [7, 11) is 1.43. The molecule has 3 aromatic carbocycles. The molecule has 4 aromatic rings. The summed E-state index contributed by atoms with van der Waals surface area (Å²) in [5.74, 6) is -3.26. The highest BCUT2D eigenvalue weighted by molar-refractivity contribution is 5.97. The van der Waals surface area contributed by atoms with Crippen LogP contribution in [-0.2, 0) is 48.1 Å². The van der Waals surface area contributed by atoms with E-state index < -0.39 is 64.7 Å². The van der Waals surface area contributed by atoms with Crippen LogP contribution in [0.25, 0.3) is 33.3 Å². The van der Waals surface area contributed by atoms with Gasteiger partial charge in [0.1, 0.15) is 23.9 Å². The smallest absolute Gasteiger partial charge is 0.324 e. The molecule has 0 aliphatic carbocycles. The average Bonchev–Trinajstić information content (AvgIpc) is 3.81. The first kappa shape index (κ1) is 47.0. The highest BCUT2D eigenvalue weighted by Gasteiger charge is 2.48. The summed E-state index contributed by atoms with van der Waals surface area (Å²) in [4.78, 5) is 71.9. The Kier molecular flexibility index (Phi) is 13.4. The van der Waals surface area contributed by atoms with Gasteiger partial charge in [0, 0.05) is 61.4 Å². The Morgan fingerprint density at radius 2 is 1.77 bits per heavy atom. The Morgan fingerprint density at radius 1 is 1.05 bits per heavy atom. The number of aryl methyl sites for hydroxylation is 3. The van der Waals surface area contributed by atoms with Gasteiger partial charge < -0.3 is 34.6 Å². The topological polar surface area (TPSA) is 174 Å². The Bertz CT molecular complexity index is 2520. The number of cyclic esters (lactones) is 1. The molecule has 7 rings (SSSR count). The average molecular weight is 889 g/mol. The van der Waals surface area contributed by atoms with Gasteiger partial charge in [0.2, 0.25) is 11.8 Å². The number of likely N-dealkylation sites (tertiary alicyclic amines) is 1. The molecule has 4 heterocycles. The van der Waals surface area contributed by atoms with Crippen molar-refractivity contribution in [3.63, 3.8) is 0 Å². The van der Waals surface area contributed by atoms with E-state index in [9.17, 15) is 34.2 Å². The van der Waals surface area contributed by atoms with Crippen LogP contribution in [0.2, 0.25) is 0 Å². The number of phenols is 1. The van der Waals surface area contributed by atoms with Crippen LogP contribution in [0.1, 0.15) is 76.1 Å². The van der Waals surface area contributed by atoms with Crippen molar-refractivity contribution in [2.45, 2.75) is 111 Å². The fourth-order valence-corrected chi connectivity index (χ4v) is 10.1. The zero-order valence-corrected chi connectivity index (χ0v) is 39.0. The second-order valence-corrected chi connectivity index (χ2v) is 19.3. The number of carbonyl (C=O) groups is 5. The van der Waals surface area contributed by atoms with Gasteiger partial charge in [-0.15, -0.1) is 0 Å². The molecule has 6 bridgehead atoms. The van der Waals surface area contributed by atoms with Crippen molar-refractivity contribution in [3.8, 4) is 28.1 Å².